The van der Waals surface area contributed by atoms with E-state index in [4.69, 9.17) is 5.11 Å². The molecule has 1 rings (SSSR count). The quantitative estimate of drug-likeness (QED) is 0.664. The maximum Gasteiger partial charge on any atom is 0.315 e. The van der Waals surface area contributed by atoms with Gasteiger partial charge >= 0.3 is 5.97 Å². The molecule has 0 unspecified atom stereocenters. The van der Waals surface area contributed by atoms with Crippen molar-refractivity contribution >= 4 is 5.97 Å². The molecule has 2 nitrogen and oxygen atoms in total. The summed E-state index contributed by atoms with van der Waals surface area (Å²) in [6, 6.07) is 5.57. The number of rotatable bonds is 1. The molecule has 1 N–H and O–H groups in total. The molecule has 0 bridgehead atoms. The Bertz CT molecular complexity index is 357. The molecule has 1 aromatic carbocycles. The Morgan fingerprint density at radius 3 is 2.54 bits per heavy atom. The highest BCUT2D eigenvalue weighted by Gasteiger charge is 1.90. The van der Waals surface area contributed by atoms with E-state index in [-0.39, 0.29) is 12.2 Å². The summed E-state index contributed by atoms with van der Waals surface area (Å²) in [5.41, 5.74) is 0.614. The summed E-state index contributed by atoms with van der Waals surface area (Å²) in [5, 5.41) is 8.27. The Balaban J connectivity index is 2.67. The first-order valence-corrected chi connectivity index (χ1v) is 3.65. The van der Waals surface area contributed by atoms with Crippen molar-refractivity contribution in [3.8, 4) is 11.8 Å². The predicted molar refractivity (Wildman–Crippen MR) is 45.5 cm³/mol. The number of carboxylic acid groups (broad SMARTS) is 1. The van der Waals surface area contributed by atoms with E-state index in [0.717, 1.165) is 0 Å². The maximum atomic E-state index is 12.4. The normalized spacial score (nSPS) is 8.69. The van der Waals surface area contributed by atoms with Crippen molar-refractivity contribution in [1.82, 2.24) is 0 Å². The number of benzene rings is 1. The van der Waals surface area contributed by atoms with Gasteiger partial charge in [0, 0.05) is 5.56 Å². The van der Waals surface area contributed by atoms with E-state index in [9.17, 15) is 9.18 Å². The van der Waals surface area contributed by atoms with Gasteiger partial charge in [-0.05, 0) is 24.3 Å². The zero-order valence-electron chi connectivity index (χ0n) is 6.75. The molecule has 0 aliphatic carbocycles. The summed E-state index contributed by atoms with van der Waals surface area (Å²) < 4.78 is 12.4. The van der Waals surface area contributed by atoms with E-state index >= 15 is 0 Å². The molecule has 0 amide bonds. The Morgan fingerprint density at radius 2 is 2.00 bits per heavy atom. The van der Waals surface area contributed by atoms with E-state index in [1.54, 1.807) is 0 Å². The molecular formula is C10H7FO2. The summed E-state index contributed by atoms with van der Waals surface area (Å²) in [5.74, 6) is 3.76. The Kier molecular flexibility index (Phi) is 3.04. The molecule has 0 radical (unpaired) electrons. The minimum Gasteiger partial charge on any atom is -0.481 e. The second-order valence-corrected chi connectivity index (χ2v) is 2.38. The SMILES string of the molecule is O=C(O)CC#Cc1ccc(F)cc1. The van der Waals surface area contributed by atoms with Crippen LogP contribution >= 0.6 is 0 Å². The van der Waals surface area contributed by atoms with Gasteiger partial charge in [-0.25, -0.2) is 4.39 Å². The fourth-order valence-electron chi connectivity index (χ4n) is 0.755. The lowest BCUT2D eigenvalue weighted by Crippen LogP contribution is -1.90. The molecule has 0 aliphatic heterocycles. The lowest BCUT2D eigenvalue weighted by atomic mass is 10.2. The van der Waals surface area contributed by atoms with Crippen LogP contribution in [0.3, 0.4) is 0 Å². The third-order valence-electron chi connectivity index (χ3n) is 1.32. The Morgan fingerprint density at radius 1 is 1.38 bits per heavy atom. The molecule has 0 saturated heterocycles. The third kappa shape index (κ3) is 3.39. The second kappa shape index (κ2) is 4.27. The molecule has 0 aromatic heterocycles. The minimum atomic E-state index is -0.963. The first-order chi connectivity index (χ1) is 6.18. The highest BCUT2D eigenvalue weighted by Crippen LogP contribution is 2.00. The summed E-state index contributed by atoms with van der Waals surface area (Å²) in [7, 11) is 0. The zero-order valence-corrected chi connectivity index (χ0v) is 6.75. The molecule has 0 saturated carbocycles. The molecule has 0 heterocycles. The lowest BCUT2D eigenvalue weighted by molar-refractivity contribution is -0.135. The number of aliphatic carboxylic acids is 1. The van der Waals surface area contributed by atoms with Gasteiger partial charge in [0.2, 0.25) is 0 Å². The van der Waals surface area contributed by atoms with Crippen LogP contribution in [0, 0.1) is 17.7 Å². The zero-order chi connectivity index (χ0) is 9.68. The molecule has 0 atom stereocenters. The van der Waals surface area contributed by atoms with Gasteiger partial charge in [0.25, 0.3) is 0 Å². The fourth-order valence-corrected chi connectivity index (χ4v) is 0.755. The van der Waals surface area contributed by atoms with E-state index in [2.05, 4.69) is 11.8 Å². The van der Waals surface area contributed by atoms with Crippen LogP contribution in [0.5, 0.6) is 0 Å². The third-order valence-corrected chi connectivity index (χ3v) is 1.32. The van der Waals surface area contributed by atoms with Crippen LogP contribution in [0.15, 0.2) is 24.3 Å². The number of carboxylic acids is 1. The fraction of sp³-hybridized carbons (Fsp3) is 0.100. The maximum absolute atomic E-state index is 12.4. The predicted octanol–water partition coefficient (Wildman–Crippen LogP) is 1.65. The van der Waals surface area contributed by atoms with E-state index in [1.807, 2.05) is 0 Å². The van der Waals surface area contributed by atoms with E-state index in [1.165, 1.54) is 24.3 Å². The van der Waals surface area contributed by atoms with Crippen LogP contribution in [0.25, 0.3) is 0 Å². The van der Waals surface area contributed by atoms with Crippen molar-refractivity contribution in [2.45, 2.75) is 6.42 Å². The summed E-state index contributed by atoms with van der Waals surface area (Å²) >= 11 is 0. The van der Waals surface area contributed by atoms with Crippen molar-refractivity contribution in [3.05, 3.63) is 35.6 Å². The molecule has 0 fully saturated rings. The number of hydrogen-bond donors (Lipinski definition) is 1. The van der Waals surface area contributed by atoms with Crippen molar-refractivity contribution in [2.24, 2.45) is 0 Å². The van der Waals surface area contributed by atoms with Crippen LogP contribution in [0.4, 0.5) is 4.39 Å². The standard InChI is InChI=1S/C10H7FO2/c11-9-6-4-8(5-7-9)2-1-3-10(12)13/h4-7H,3H2,(H,12,13). The van der Waals surface area contributed by atoms with Gasteiger partial charge in [-0.2, -0.15) is 0 Å². The second-order valence-electron chi connectivity index (χ2n) is 2.38. The smallest absolute Gasteiger partial charge is 0.315 e. The average Bonchev–Trinajstić information content (AvgIpc) is 2.08. The van der Waals surface area contributed by atoms with Crippen molar-refractivity contribution in [3.63, 3.8) is 0 Å². The van der Waals surface area contributed by atoms with Crippen LogP contribution in [-0.4, -0.2) is 11.1 Å². The first kappa shape index (κ1) is 9.27. The molecule has 0 aliphatic rings. The van der Waals surface area contributed by atoms with Crippen LogP contribution in [0.2, 0.25) is 0 Å². The van der Waals surface area contributed by atoms with Crippen molar-refractivity contribution < 1.29 is 14.3 Å². The van der Waals surface area contributed by atoms with E-state index < -0.39 is 5.97 Å². The lowest BCUT2D eigenvalue weighted by Gasteiger charge is -1.88. The number of hydrogen-bond acceptors (Lipinski definition) is 1. The van der Waals surface area contributed by atoms with Crippen molar-refractivity contribution in [1.29, 1.82) is 0 Å². The largest absolute Gasteiger partial charge is 0.481 e. The minimum absolute atomic E-state index is 0.197. The monoisotopic (exact) mass is 178 g/mol. The summed E-state index contributed by atoms with van der Waals surface area (Å²) in [6.07, 6.45) is -0.197. The Labute approximate surface area is 75.0 Å². The topological polar surface area (TPSA) is 37.3 Å². The number of halogens is 1. The van der Waals surface area contributed by atoms with Gasteiger partial charge in [-0.1, -0.05) is 11.8 Å². The van der Waals surface area contributed by atoms with Gasteiger partial charge in [0.05, 0.1) is 0 Å². The van der Waals surface area contributed by atoms with Gasteiger partial charge < -0.3 is 5.11 Å². The van der Waals surface area contributed by atoms with Crippen LogP contribution in [0.1, 0.15) is 12.0 Å². The molecule has 66 valence electrons. The molecule has 1 aromatic rings. The molecular weight excluding hydrogens is 171 g/mol. The van der Waals surface area contributed by atoms with Crippen LogP contribution < -0.4 is 0 Å². The Hall–Kier alpha value is -1.82. The molecule has 0 spiro atoms. The highest BCUT2D eigenvalue weighted by atomic mass is 19.1. The molecule has 13 heavy (non-hydrogen) atoms. The van der Waals surface area contributed by atoms with E-state index in [0.29, 0.717) is 5.56 Å². The van der Waals surface area contributed by atoms with Gasteiger partial charge in [0.1, 0.15) is 12.2 Å². The van der Waals surface area contributed by atoms with Gasteiger partial charge in [-0.3, -0.25) is 4.79 Å². The first-order valence-electron chi connectivity index (χ1n) is 3.65. The van der Waals surface area contributed by atoms with Crippen molar-refractivity contribution in [2.75, 3.05) is 0 Å². The average molecular weight is 178 g/mol. The summed E-state index contributed by atoms with van der Waals surface area (Å²) in [6.45, 7) is 0. The van der Waals surface area contributed by atoms with Crippen LogP contribution in [-0.2, 0) is 4.79 Å². The van der Waals surface area contributed by atoms with Gasteiger partial charge in [0.15, 0.2) is 0 Å². The summed E-state index contributed by atoms with van der Waals surface area (Å²) in [4.78, 5) is 10.1. The highest BCUT2D eigenvalue weighted by molar-refractivity contribution is 5.70. The number of carbonyl (C=O) groups is 1. The molecule has 3 heteroatoms. The van der Waals surface area contributed by atoms with Gasteiger partial charge in [-0.15, -0.1) is 0 Å².